The number of benzene rings is 1. The van der Waals surface area contributed by atoms with Crippen molar-refractivity contribution in [2.24, 2.45) is 0 Å². The second-order valence-electron chi connectivity index (χ2n) is 6.54. The van der Waals surface area contributed by atoms with E-state index in [-0.39, 0.29) is 18.6 Å². The average molecular weight is 406 g/mol. The topological polar surface area (TPSA) is 88.1 Å². The molecule has 0 aliphatic heterocycles. The Bertz CT molecular complexity index is 664. The van der Waals surface area contributed by atoms with E-state index in [4.69, 9.17) is 18.9 Å². The summed E-state index contributed by atoms with van der Waals surface area (Å²) in [5.41, 5.74) is 0.925. The number of aryl methyl sites for hydroxylation is 1. The van der Waals surface area contributed by atoms with Crippen LogP contribution in [0.3, 0.4) is 0 Å². The first kappa shape index (κ1) is 24.4. The number of carbonyl (C=O) groups excluding carboxylic acids is 3. The Hall–Kier alpha value is -2.67. The largest absolute Gasteiger partial charge is 0.461 e. The number of hydrogen-bond acceptors (Lipinski definition) is 7. The van der Waals surface area contributed by atoms with Crippen molar-refractivity contribution in [1.82, 2.24) is 0 Å². The lowest BCUT2D eigenvalue weighted by Gasteiger charge is -2.08. The van der Waals surface area contributed by atoms with Crippen molar-refractivity contribution in [3.8, 4) is 5.75 Å². The van der Waals surface area contributed by atoms with Gasteiger partial charge in [-0.3, -0.25) is 4.79 Å². The second kappa shape index (κ2) is 14.3. The predicted molar refractivity (Wildman–Crippen MR) is 107 cm³/mol. The third-order valence-corrected chi connectivity index (χ3v) is 3.85. The lowest BCUT2D eigenvalue weighted by atomic mass is 10.2. The van der Waals surface area contributed by atoms with Gasteiger partial charge in [0.25, 0.3) is 0 Å². The van der Waals surface area contributed by atoms with Gasteiger partial charge in [-0.2, -0.15) is 0 Å². The first-order chi connectivity index (χ1) is 13.9. The van der Waals surface area contributed by atoms with Crippen molar-refractivity contribution < 1.29 is 33.3 Å². The monoisotopic (exact) mass is 406 g/mol. The van der Waals surface area contributed by atoms with Gasteiger partial charge in [0, 0.05) is 12.2 Å². The molecule has 0 atom stereocenters. The van der Waals surface area contributed by atoms with Crippen LogP contribution in [0.4, 0.5) is 0 Å². The number of rotatable bonds is 14. The van der Waals surface area contributed by atoms with E-state index in [1.54, 1.807) is 24.3 Å². The minimum absolute atomic E-state index is 0.0913. The van der Waals surface area contributed by atoms with Gasteiger partial charge in [-0.15, -0.1) is 0 Å². The molecular weight excluding hydrogens is 376 g/mol. The third-order valence-electron chi connectivity index (χ3n) is 3.85. The molecule has 0 aliphatic rings. The molecule has 0 radical (unpaired) electrons. The maximum atomic E-state index is 11.8. The molecule has 1 aromatic rings. The molecule has 0 N–H and O–H groups in total. The number of hydrogen-bond donors (Lipinski definition) is 0. The third kappa shape index (κ3) is 11.7. The summed E-state index contributed by atoms with van der Waals surface area (Å²) in [4.78, 5) is 35.2. The summed E-state index contributed by atoms with van der Waals surface area (Å²) in [7, 11) is 0. The van der Waals surface area contributed by atoms with Gasteiger partial charge < -0.3 is 18.9 Å². The van der Waals surface area contributed by atoms with E-state index in [2.05, 4.69) is 13.5 Å². The summed E-state index contributed by atoms with van der Waals surface area (Å²) in [6.45, 7) is 8.01. The highest BCUT2D eigenvalue weighted by atomic mass is 16.6. The van der Waals surface area contributed by atoms with Crippen molar-refractivity contribution in [1.29, 1.82) is 0 Å². The van der Waals surface area contributed by atoms with E-state index >= 15 is 0 Å². The fourth-order valence-corrected chi connectivity index (χ4v) is 2.24. The molecule has 1 rings (SSSR count). The zero-order valence-corrected chi connectivity index (χ0v) is 17.2. The minimum atomic E-state index is -0.852. The highest BCUT2D eigenvalue weighted by Gasteiger charge is 2.16. The molecule has 0 saturated heterocycles. The van der Waals surface area contributed by atoms with Gasteiger partial charge in [-0.25, -0.2) is 9.59 Å². The van der Waals surface area contributed by atoms with Crippen LogP contribution in [0, 0.1) is 6.92 Å². The van der Waals surface area contributed by atoms with E-state index in [0.717, 1.165) is 24.8 Å². The van der Waals surface area contributed by atoms with Crippen LogP contribution in [0.15, 0.2) is 36.4 Å². The Morgan fingerprint density at radius 2 is 1.62 bits per heavy atom. The van der Waals surface area contributed by atoms with E-state index in [1.807, 2.05) is 6.92 Å². The molecule has 0 heterocycles. The van der Waals surface area contributed by atoms with Crippen LogP contribution in [0.5, 0.6) is 5.75 Å². The summed E-state index contributed by atoms with van der Waals surface area (Å²) in [6.07, 6.45) is 4.10. The van der Waals surface area contributed by atoms with Gasteiger partial charge in [-0.05, 0) is 25.5 Å². The zero-order valence-electron chi connectivity index (χ0n) is 17.2. The summed E-state index contributed by atoms with van der Waals surface area (Å²) in [6, 6.07) is 6.90. The zero-order chi connectivity index (χ0) is 21.5. The Balaban J connectivity index is 2.14. The van der Waals surface area contributed by atoms with Crippen molar-refractivity contribution in [3.63, 3.8) is 0 Å². The molecular formula is C22H30O7. The molecule has 1 aromatic carbocycles. The summed E-state index contributed by atoms with van der Waals surface area (Å²) in [5.74, 6) is -1.81. The molecule has 0 bridgehead atoms. The highest BCUT2D eigenvalue weighted by molar-refractivity contribution is 5.94. The molecule has 0 amide bonds. The van der Waals surface area contributed by atoms with Gasteiger partial charge in [0.2, 0.25) is 0 Å². The maximum Gasteiger partial charge on any atom is 0.344 e. The Kier molecular flexibility index (Phi) is 12.1. The van der Waals surface area contributed by atoms with Crippen LogP contribution in [0.1, 0.15) is 44.6 Å². The molecule has 29 heavy (non-hydrogen) atoms. The fourth-order valence-electron chi connectivity index (χ4n) is 2.24. The second-order valence-corrected chi connectivity index (χ2v) is 6.54. The van der Waals surface area contributed by atoms with Crippen LogP contribution < -0.4 is 4.74 Å². The van der Waals surface area contributed by atoms with Gasteiger partial charge >= 0.3 is 17.9 Å². The van der Waals surface area contributed by atoms with E-state index in [1.165, 1.54) is 6.42 Å². The van der Waals surface area contributed by atoms with Crippen LogP contribution in [-0.4, -0.2) is 44.3 Å². The first-order valence-electron chi connectivity index (χ1n) is 9.78. The molecule has 0 saturated carbocycles. The molecule has 160 valence electrons. The van der Waals surface area contributed by atoms with Crippen LogP contribution in [0.2, 0.25) is 0 Å². The first-order valence-corrected chi connectivity index (χ1v) is 9.78. The Morgan fingerprint density at radius 3 is 2.31 bits per heavy atom. The molecule has 0 spiro atoms. The molecule has 0 fully saturated rings. The van der Waals surface area contributed by atoms with Crippen LogP contribution in [-0.2, 0) is 28.6 Å². The normalized spacial score (nSPS) is 10.3. The van der Waals surface area contributed by atoms with Gasteiger partial charge in [0.15, 0.2) is 6.61 Å². The predicted octanol–water partition coefficient (Wildman–Crippen LogP) is 3.53. The molecule has 7 heteroatoms. The fraction of sp³-hybridized carbons (Fsp3) is 0.500. The van der Waals surface area contributed by atoms with Crippen molar-refractivity contribution >= 4 is 17.9 Å². The molecule has 0 aliphatic carbocycles. The highest BCUT2D eigenvalue weighted by Crippen LogP contribution is 2.13. The van der Waals surface area contributed by atoms with Gasteiger partial charge in [-0.1, -0.05) is 50.5 Å². The summed E-state index contributed by atoms with van der Waals surface area (Å²) < 4.78 is 20.2. The smallest absolute Gasteiger partial charge is 0.344 e. The maximum absolute atomic E-state index is 11.8. The van der Waals surface area contributed by atoms with Gasteiger partial charge in [0.1, 0.15) is 12.4 Å². The van der Waals surface area contributed by atoms with Gasteiger partial charge in [0.05, 0.1) is 13.0 Å². The quantitative estimate of drug-likeness (QED) is 0.202. The number of carbonyl (C=O) groups is 3. The Labute approximate surface area is 172 Å². The molecule has 0 aromatic heterocycles. The standard InChI is InChI=1S/C22H30O7/c1-4-5-6-7-12-26-13-14-27-21(24)16-28-22(25)18(3)15-20(23)29-19-10-8-17(2)9-11-19/h8-11H,3-7,12-16H2,1-2H3. The lowest BCUT2D eigenvalue weighted by molar-refractivity contribution is -0.157. The summed E-state index contributed by atoms with van der Waals surface area (Å²) in [5, 5.41) is 0. The van der Waals surface area contributed by atoms with E-state index in [9.17, 15) is 14.4 Å². The Morgan fingerprint density at radius 1 is 0.897 bits per heavy atom. The summed E-state index contributed by atoms with van der Waals surface area (Å²) >= 11 is 0. The van der Waals surface area contributed by atoms with E-state index in [0.29, 0.717) is 19.0 Å². The van der Waals surface area contributed by atoms with Crippen molar-refractivity contribution in [3.05, 3.63) is 42.0 Å². The lowest BCUT2D eigenvalue weighted by Crippen LogP contribution is -2.20. The number of esters is 3. The van der Waals surface area contributed by atoms with Crippen LogP contribution >= 0.6 is 0 Å². The SMILES string of the molecule is C=C(CC(=O)Oc1ccc(C)cc1)C(=O)OCC(=O)OCCOCCCCCC. The van der Waals surface area contributed by atoms with E-state index < -0.39 is 24.5 Å². The van der Waals surface area contributed by atoms with Crippen LogP contribution in [0.25, 0.3) is 0 Å². The average Bonchev–Trinajstić information content (AvgIpc) is 2.69. The number of unbranched alkanes of at least 4 members (excludes halogenated alkanes) is 3. The molecule has 7 nitrogen and oxygen atoms in total. The molecule has 0 unspecified atom stereocenters. The van der Waals surface area contributed by atoms with Crippen molar-refractivity contribution in [2.75, 3.05) is 26.4 Å². The number of ether oxygens (including phenoxy) is 4. The minimum Gasteiger partial charge on any atom is -0.461 e. The van der Waals surface area contributed by atoms with Crippen molar-refractivity contribution in [2.45, 2.75) is 46.0 Å².